The number of carbonyl (C=O) groups excluding carboxylic acids is 1. The Kier molecular flexibility index (Phi) is 6.33. The third-order valence-electron chi connectivity index (χ3n) is 1.49. The highest BCUT2D eigenvalue weighted by molar-refractivity contribution is 9.09. The topological polar surface area (TPSA) is 29.5 Å². The second kappa shape index (κ2) is 6.38. The SMILES string of the molecule is CC(Br)CN(C)C(=O)COC(C)C. The van der Waals surface area contributed by atoms with Gasteiger partial charge < -0.3 is 9.64 Å². The molecule has 0 saturated heterocycles. The van der Waals surface area contributed by atoms with Gasteiger partial charge in [0.15, 0.2) is 0 Å². The zero-order chi connectivity index (χ0) is 10.4. The molecule has 4 heteroatoms. The summed E-state index contributed by atoms with van der Waals surface area (Å²) in [7, 11) is 1.78. The van der Waals surface area contributed by atoms with E-state index >= 15 is 0 Å². The molecule has 0 aromatic carbocycles. The number of likely N-dealkylation sites (N-methyl/N-ethyl adjacent to an activating group) is 1. The van der Waals surface area contributed by atoms with E-state index in [-0.39, 0.29) is 18.6 Å². The van der Waals surface area contributed by atoms with Gasteiger partial charge in [-0.15, -0.1) is 0 Å². The maximum Gasteiger partial charge on any atom is 0.248 e. The van der Waals surface area contributed by atoms with Gasteiger partial charge in [-0.3, -0.25) is 4.79 Å². The van der Waals surface area contributed by atoms with Crippen molar-refractivity contribution in [1.82, 2.24) is 4.90 Å². The Morgan fingerprint density at radius 1 is 1.46 bits per heavy atom. The van der Waals surface area contributed by atoms with E-state index in [2.05, 4.69) is 15.9 Å². The van der Waals surface area contributed by atoms with Crippen molar-refractivity contribution in [1.29, 1.82) is 0 Å². The zero-order valence-corrected chi connectivity index (χ0v) is 10.3. The van der Waals surface area contributed by atoms with E-state index in [4.69, 9.17) is 4.74 Å². The molecular weight excluding hydrogens is 234 g/mol. The van der Waals surface area contributed by atoms with Crippen LogP contribution in [0.5, 0.6) is 0 Å². The molecule has 13 heavy (non-hydrogen) atoms. The van der Waals surface area contributed by atoms with Crippen molar-refractivity contribution in [3.05, 3.63) is 0 Å². The van der Waals surface area contributed by atoms with Crippen LogP contribution in [0.3, 0.4) is 0 Å². The van der Waals surface area contributed by atoms with E-state index in [0.29, 0.717) is 11.4 Å². The molecule has 78 valence electrons. The van der Waals surface area contributed by atoms with Gasteiger partial charge in [0, 0.05) is 18.4 Å². The number of nitrogens with zero attached hydrogens (tertiary/aromatic N) is 1. The smallest absolute Gasteiger partial charge is 0.248 e. The predicted octanol–water partition coefficient (Wildman–Crippen LogP) is 1.65. The molecule has 0 bridgehead atoms. The van der Waals surface area contributed by atoms with Gasteiger partial charge in [0.25, 0.3) is 0 Å². The predicted molar refractivity (Wildman–Crippen MR) is 57.1 cm³/mol. The number of amides is 1. The van der Waals surface area contributed by atoms with Gasteiger partial charge in [-0.2, -0.15) is 0 Å². The molecule has 3 nitrogen and oxygen atoms in total. The summed E-state index contributed by atoms with van der Waals surface area (Å²) in [6.45, 7) is 6.72. The fourth-order valence-electron chi connectivity index (χ4n) is 0.827. The summed E-state index contributed by atoms with van der Waals surface area (Å²) in [6, 6.07) is 0. The van der Waals surface area contributed by atoms with Crippen LogP contribution in [0.1, 0.15) is 20.8 Å². The first-order valence-electron chi connectivity index (χ1n) is 4.43. The van der Waals surface area contributed by atoms with E-state index in [1.165, 1.54) is 0 Å². The van der Waals surface area contributed by atoms with Crippen LogP contribution in [-0.2, 0) is 9.53 Å². The highest BCUT2D eigenvalue weighted by Gasteiger charge is 2.11. The quantitative estimate of drug-likeness (QED) is 0.696. The molecule has 0 radical (unpaired) electrons. The average molecular weight is 252 g/mol. The Morgan fingerprint density at radius 3 is 2.38 bits per heavy atom. The Morgan fingerprint density at radius 2 is 2.00 bits per heavy atom. The van der Waals surface area contributed by atoms with Crippen molar-refractivity contribution in [3.8, 4) is 0 Å². The lowest BCUT2D eigenvalue weighted by molar-refractivity contribution is -0.136. The van der Waals surface area contributed by atoms with Crippen molar-refractivity contribution in [2.24, 2.45) is 0 Å². The molecule has 0 rings (SSSR count). The summed E-state index contributed by atoms with van der Waals surface area (Å²) in [5.74, 6) is 0.0278. The Labute approximate surface area is 88.6 Å². The summed E-state index contributed by atoms with van der Waals surface area (Å²) in [5, 5.41) is 0. The standard InChI is InChI=1S/C9H18BrNO2/c1-7(2)13-6-9(12)11(4)5-8(3)10/h7-8H,5-6H2,1-4H3. The molecule has 0 aromatic rings. The van der Waals surface area contributed by atoms with Crippen molar-refractivity contribution >= 4 is 21.8 Å². The number of halogens is 1. The molecule has 0 heterocycles. The van der Waals surface area contributed by atoms with Gasteiger partial charge in [0.2, 0.25) is 5.91 Å². The Balaban J connectivity index is 3.69. The van der Waals surface area contributed by atoms with Crippen LogP contribution in [-0.4, -0.2) is 41.9 Å². The van der Waals surface area contributed by atoms with Crippen molar-refractivity contribution in [2.45, 2.75) is 31.7 Å². The second-order valence-corrected chi connectivity index (χ2v) is 4.98. The first-order valence-corrected chi connectivity index (χ1v) is 5.34. The molecule has 0 aliphatic rings. The minimum atomic E-state index is 0.0278. The van der Waals surface area contributed by atoms with Crippen LogP contribution in [0.4, 0.5) is 0 Å². The molecule has 1 atom stereocenters. The van der Waals surface area contributed by atoms with Gasteiger partial charge in [0.05, 0.1) is 6.10 Å². The van der Waals surface area contributed by atoms with Gasteiger partial charge in [-0.25, -0.2) is 0 Å². The average Bonchev–Trinajstić information content (AvgIpc) is 1.98. The molecule has 0 N–H and O–H groups in total. The number of alkyl halides is 1. The van der Waals surface area contributed by atoms with Crippen LogP contribution in [0.2, 0.25) is 0 Å². The lowest BCUT2D eigenvalue weighted by atomic mass is 10.4. The van der Waals surface area contributed by atoms with E-state index in [9.17, 15) is 4.79 Å². The minimum absolute atomic E-state index is 0.0278. The third kappa shape index (κ3) is 7.02. The van der Waals surface area contributed by atoms with Crippen LogP contribution in [0.15, 0.2) is 0 Å². The van der Waals surface area contributed by atoms with E-state index in [0.717, 1.165) is 0 Å². The van der Waals surface area contributed by atoms with E-state index in [1.807, 2.05) is 20.8 Å². The zero-order valence-electron chi connectivity index (χ0n) is 8.71. The maximum absolute atomic E-state index is 11.4. The van der Waals surface area contributed by atoms with Crippen molar-refractivity contribution in [2.75, 3.05) is 20.2 Å². The summed E-state index contributed by atoms with van der Waals surface area (Å²) >= 11 is 3.39. The number of hydrogen-bond donors (Lipinski definition) is 0. The fraction of sp³-hybridized carbons (Fsp3) is 0.889. The highest BCUT2D eigenvalue weighted by Crippen LogP contribution is 2.00. The van der Waals surface area contributed by atoms with E-state index in [1.54, 1.807) is 11.9 Å². The molecule has 0 aliphatic heterocycles. The first kappa shape index (κ1) is 12.9. The maximum atomic E-state index is 11.4. The summed E-state index contributed by atoms with van der Waals surface area (Å²) in [6.07, 6.45) is 0.110. The molecule has 0 aliphatic carbocycles. The van der Waals surface area contributed by atoms with Crippen molar-refractivity contribution in [3.63, 3.8) is 0 Å². The van der Waals surface area contributed by atoms with Gasteiger partial charge >= 0.3 is 0 Å². The lowest BCUT2D eigenvalue weighted by Gasteiger charge is -2.19. The molecule has 1 amide bonds. The van der Waals surface area contributed by atoms with Crippen LogP contribution < -0.4 is 0 Å². The summed E-state index contributed by atoms with van der Waals surface area (Å²) in [4.78, 5) is 13.4. The normalized spacial score (nSPS) is 13.1. The molecule has 0 saturated carbocycles. The number of ether oxygens (including phenoxy) is 1. The van der Waals surface area contributed by atoms with Crippen LogP contribution in [0.25, 0.3) is 0 Å². The Bertz CT molecular complexity index is 160. The van der Waals surface area contributed by atoms with Gasteiger partial charge in [-0.1, -0.05) is 22.9 Å². The fourth-order valence-corrected chi connectivity index (χ4v) is 1.26. The molecule has 1 unspecified atom stereocenters. The first-order chi connectivity index (χ1) is 5.93. The second-order valence-electron chi connectivity index (χ2n) is 3.41. The number of carbonyl (C=O) groups is 1. The molecule has 0 spiro atoms. The van der Waals surface area contributed by atoms with Gasteiger partial charge in [-0.05, 0) is 13.8 Å². The largest absolute Gasteiger partial charge is 0.369 e. The Hall–Kier alpha value is -0.0900. The molecular formula is C9H18BrNO2. The monoisotopic (exact) mass is 251 g/mol. The third-order valence-corrected chi connectivity index (χ3v) is 1.78. The van der Waals surface area contributed by atoms with E-state index < -0.39 is 0 Å². The van der Waals surface area contributed by atoms with Crippen molar-refractivity contribution < 1.29 is 9.53 Å². The minimum Gasteiger partial charge on any atom is -0.369 e. The molecule has 0 aromatic heterocycles. The lowest BCUT2D eigenvalue weighted by Crippen LogP contribution is -2.34. The number of hydrogen-bond acceptors (Lipinski definition) is 2. The van der Waals surface area contributed by atoms with Crippen LogP contribution >= 0.6 is 15.9 Å². The highest BCUT2D eigenvalue weighted by atomic mass is 79.9. The molecule has 0 fully saturated rings. The summed E-state index contributed by atoms with van der Waals surface area (Å²) in [5.41, 5.74) is 0. The number of rotatable bonds is 5. The van der Waals surface area contributed by atoms with Gasteiger partial charge in [0.1, 0.15) is 6.61 Å². The van der Waals surface area contributed by atoms with Crippen LogP contribution in [0, 0.1) is 0 Å². The summed E-state index contributed by atoms with van der Waals surface area (Å²) < 4.78 is 5.20.